The smallest absolute Gasteiger partial charge is 0.168 e. The van der Waals surface area contributed by atoms with E-state index in [0.29, 0.717) is 0 Å². The summed E-state index contributed by atoms with van der Waals surface area (Å²) in [5.41, 5.74) is 10.5. The molecule has 5 aromatic carbocycles. The van der Waals surface area contributed by atoms with Crippen molar-refractivity contribution < 1.29 is 0 Å². The summed E-state index contributed by atoms with van der Waals surface area (Å²) in [7, 11) is 1.85. The van der Waals surface area contributed by atoms with Gasteiger partial charge in [-0.3, -0.25) is 9.56 Å². The Bertz CT molecular complexity index is 2190. The van der Waals surface area contributed by atoms with Crippen molar-refractivity contribution in [1.29, 1.82) is 0 Å². The first kappa shape index (κ1) is 32.2. The Balaban J connectivity index is 1.39. The second-order valence-electron chi connectivity index (χ2n) is 12.3. The van der Waals surface area contributed by atoms with Crippen LogP contribution in [0.2, 0.25) is 0 Å². The molecule has 50 heavy (non-hydrogen) atoms. The number of hydrogen-bond donors (Lipinski definition) is 0. The van der Waals surface area contributed by atoms with Crippen LogP contribution in [-0.2, 0) is 0 Å². The highest BCUT2D eigenvalue weighted by Gasteiger charge is 2.26. The zero-order valence-electron chi connectivity index (χ0n) is 28.6. The van der Waals surface area contributed by atoms with E-state index in [-0.39, 0.29) is 6.04 Å². The van der Waals surface area contributed by atoms with Gasteiger partial charge in [-0.05, 0) is 59.9 Å². The molecule has 1 aliphatic carbocycles. The van der Waals surface area contributed by atoms with E-state index in [9.17, 15) is 0 Å². The highest BCUT2D eigenvalue weighted by atomic mass is 15.3. The number of aliphatic imine (C=N–C) groups is 1. The Morgan fingerprint density at radius 2 is 1.24 bits per heavy atom. The molecule has 5 nitrogen and oxygen atoms in total. The molecule has 0 unspecified atom stereocenters. The number of hydrogen-bond acceptors (Lipinski definition) is 3. The molecule has 1 aromatic heterocycles. The number of aromatic nitrogens is 3. The second-order valence-corrected chi connectivity index (χ2v) is 12.3. The fourth-order valence-corrected chi connectivity index (χ4v) is 6.52. The molecule has 5 heteroatoms. The van der Waals surface area contributed by atoms with E-state index in [1.54, 1.807) is 0 Å². The van der Waals surface area contributed by atoms with Crippen LogP contribution in [0.3, 0.4) is 0 Å². The summed E-state index contributed by atoms with van der Waals surface area (Å²) in [6.07, 6.45) is 8.90. The van der Waals surface area contributed by atoms with Gasteiger partial charge in [0.25, 0.3) is 0 Å². The van der Waals surface area contributed by atoms with Gasteiger partial charge in [-0.25, -0.2) is 0 Å². The van der Waals surface area contributed by atoms with E-state index in [1.807, 2.05) is 79.8 Å². The Kier molecular flexibility index (Phi) is 9.30. The third-order valence-corrected chi connectivity index (χ3v) is 9.08. The first-order valence-corrected chi connectivity index (χ1v) is 16.8. The lowest BCUT2D eigenvalue weighted by molar-refractivity contribution is 0.562. The van der Waals surface area contributed by atoms with Gasteiger partial charge in [0.1, 0.15) is 5.84 Å². The zero-order chi connectivity index (χ0) is 34.5. The van der Waals surface area contributed by atoms with Crippen LogP contribution >= 0.6 is 0 Å². The lowest BCUT2D eigenvalue weighted by atomic mass is 9.92. The molecule has 1 heterocycles. The Morgan fingerprint density at radius 1 is 0.700 bits per heavy atom. The maximum atomic E-state index is 4.85. The predicted octanol–water partition coefficient (Wildman–Crippen LogP) is 10.2. The largest absolute Gasteiger partial charge is 0.316 e. The topological polar surface area (TPSA) is 46.3 Å². The summed E-state index contributed by atoms with van der Waals surface area (Å²) >= 11 is 0. The van der Waals surface area contributed by atoms with Crippen molar-refractivity contribution in [3.63, 3.8) is 0 Å². The summed E-state index contributed by atoms with van der Waals surface area (Å²) in [5.74, 6) is 2.43. The first-order chi connectivity index (χ1) is 24.5. The molecule has 0 N–H and O–H groups in total. The van der Waals surface area contributed by atoms with Crippen molar-refractivity contribution in [2.24, 2.45) is 4.99 Å². The van der Waals surface area contributed by atoms with Crippen LogP contribution in [0.1, 0.15) is 29.2 Å². The lowest BCUT2D eigenvalue weighted by Crippen LogP contribution is -2.37. The molecule has 0 radical (unpaired) electrons. The maximum Gasteiger partial charge on any atom is 0.168 e. The molecule has 0 fully saturated rings. The Hall–Kier alpha value is -6.33. The molecule has 1 aliphatic rings. The number of nitrogens with zero attached hydrogens (tertiary/aromatic N) is 5. The van der Waals surface area contributed by atoms with Crippen LogP contribution in [0.25, 0.3) is 39.7 Å². The van der Waals surface area contributed by atoms with Crippen molar-refractivity contribution in [1.82, 2.24) is 19.7 Å². The van der Waals surface area contributed by atoms with Gasteiger partial charge in [0, 0.05) is 35.1 Å². The minimum absolute atomic E-state index is 0.178. The molecule has 0 bridgehead atoms. The zero-order valence-corrected chi connectivity index (χ0v) is 28.6. The quantitative estimate of drug-likeness (QED) is 0.122. The lowest BCUT2D eigenvalue weighted by Gasteiger charge is -2.33. The number of amidine groups is 1. The van der Waals surface area contributed by atoms with Crippen LogP contribution in [0.4, 0.5) is 0 Å². The normalized spacial score (nSPS) is 14.5. The average Bonchev–Trinajstić information content (AvgIpc) is 3.53. The van der Waals surface area contributed by atoms with Crippen LogP contribution in [-0.4, -0.2) is 38.6 Å². The number of rotatable bonds is 8. The van der Waals surface area contributed by atoms with E-state index in [2.05, 4.69) is 121 Å². The fourth-order valence-electron chi connectivity index (χ4n) is 6.52. The summed E-state index contributed by atoms with van der Waals surface area (Å²) in [6.45, 7) is 8.98. The molecule has 6 aromatic rings. The Labute approximate surface area is 294 Å². The van der Waals surface area contributed by atoms with Crippen LogP contribution in [0, 0.1) is 6.92 Å². The summed E-state index contributed by atoms with van der Waals surface area (Å²) in [4.78, 5) is 7.10. The van der Waals surface area contributed by atoms with Gasteiger partial charge in [-0.1, -0.05) is 152 Å². The van der Waals surface area contributed by atoms with Crippen molar-refractivity contribution in [3.05, 3.63) is 198 Å². The summed E-state index contributed by atoms with van der Waals surface area (Å²) < 4.78 is 2.17. The van der Waals surface area contributed by atoms with E-state index in [4.69, 9.17) is 15.2 Å². The van der Waals surface area contributed by atoms with Crippen LogP contribution in [0.15, 0.2) is 181 Å². The molecule has 0 aliphatic heterocycles. The van der Waals surface area contributed by atoms with Gasteiger partial charge in [0.05, 0.1) is 6.04 Å². The predicted molar refractivity (Wildman–Crippen MR) is 208 cm³/mol. The van der Waals surface area contributed by atoms with Crippen LogP contribution < -0.4 is 0 Å². The van der Waals surface area contributed by atoms with Crippen molar-refractivity contribution in [3.8, 4) is 28.5 Å². The molecule has 0 amide bonds. The highest BCUT2D eigenvalue weighted by molar-refractivity contribution is 6.04. The molecule has 0 spiro atoms. The minimum atomic E-state index is -0.178. The second kappa shape index (κ2) is 14.4. The summed E-state index contributed by atoms with van der Waals surface area (Å²) in [6, 6.07) is 47.6. The first-order valence-electron chi connectivity index (χ1n) is 16.8. The molecule has 1 atom stereocenters. The van der Waals surface area contributed by atoms with Gasteiger partial charge in [-0.15, -0.1) is 10.2 Å². The maximum absolute atomic E-state index is 4.85. The van der Waals surface area contributed by atoms with Crippen molar-refractivity contribution in [2.75, 3.05) is 7.05 Å². The van der Waals surface area contributed by atoms with Crippen molar-refractivity contribution in [2.45, 2.75) is 19.9 Å². The highest BCUT2D eigenvalue weighted by Crippen LogP contribution is 2.35. The van der Waals surface area contributed by atoms with E-state index < -0.39 is 0 Å². The average molecular weight is 650 g/mol. The number of aryl methyl sites for hydroxylation is 1. The van der Waals surface area contributed by atoms with Gasteiger partial charge in [0.2, 0.25) is 0 Å². The summed E-state index contributed by atoms with van der Waals surface area (Å²) in [5, 5.41) is 9.44. The SMILES string of the molecule is C=C(c1ccccc1)N(C(=NC)c1ccccc1)[C@H]1C=CC=C(C)C(c2cc(-n3c(-c4ccccc4)nnc3-c3ccccc3)ccc2C)=C1. The van der Waals surface area contributed by atoms with Gasteiger partial charge in [0.15, 0.2) is 11.6 Å². The number of benzene rings is 5. The van der Waals surface area contributed by atoms with Gasteiger partial charge in [-0.2, -0.15) is 0 Å². The third-order valence-electron chi connectivity index (χ3n) is 9.08. The van der Waals surface area contributed by atoms with E-state index in [0.717, 1.165) is 62.3 Å². The standard InChI is InChI=1S/C45H39N5/c1-32-18-17-27-39(49(34(3)35-19-9-5-10-20-35)43(46-4)36-21-11-6-12-22-36)30-41(32)42-31-40(29-28-33(42)2)50-44(37-23-13-7-14-24-37)47-48-45(50)38-25-15-8-16-26-38/h5-31,39H,3H2,1-2,4H3/t39-/m0/s1. The minimum Gasteiger partial charge on any atom is -0.316 e. The van der Waals surface area contributed by atoms with Gasteiger partial charge < -0.3 is 4.90 Å². The van der Waals surface area contributed by atoms with E-state index >= 15 is 0 Å². The molecular formula is C45H39N5. The third kappa shape index (κ3) is 6.41. The van der Waals surface area contributed by atoms with Crippen LogP contribution in [0.5, 0.6) is 0 Å². The molecule has 244 valence electrons. The number of allylic oxidation sites excluding steroid dienone is 4. The van der Waals surface area contributed by atoms with Gasteiger partial charge >= 0.3 is 0 Å². The molecule has 0 saturated carbocycles. The molecule has 7 rings (SSSR count). The molecule has 0 saturated heterocycles. The molecular weight excluding hydrogens is 611 g/mol. The van der Waals surface area contributed by atoms with Crippen molar-refractivity contribution >= 4 is 17.1 Å². The fraction of sp³-hybridized carbons (Fsp3) is 0.0889. The van der Waals surface area contributed by atoms with E-state index in [1.165, 1.54) is 11.1 Å². The monoisotopic (exact) mass is 649 g/mol. The Morgan fingerprint density at radius 3 is 1.80 bits per heavy atom.